The Bertz CT molecular complexity index is 1160. The molecule has 1 aliphatic heterocycles. The van der Waals surface area contributed by atoms with Gasteiger partial charge in [-0.3, -0.25) is 19.5 Å². The molecule has 0 spiro atoms. The average molecular weight is 416 g/mol. The summed E-state index contributed by atoms with van der Waals surface area (Å²) in [5.74, 6) is -1.53. The van der Waals surface area contributed by atoms with Gasteiger partial charge in [-0.15, -0.1) is 0 Å². The number of carbonyl (C=O) groups excluding carboxylic acids is 2. The van der Waals surface area contributed by atoms with Crippen LogP contribution in [0, 0.1) is 0 Å². The van der Waals surface area contributed by atoms with Gasteiger partial charge in [-0.2, -0.15) is 0 Å². The highest BCUT2D eigenvalue weighted by atomic mass is 16.5. The molecule has 1 aromatic heterocycles. The lowest BCUT2D eigenvalue weighted by molar-refractivity contribution is -0.132. The van der Waals surface area contributed by atoms with E-state index >= 15 is 0 Å². The Morgan fingerprint density at radius 2 is 1.81 bits per heavy atom. The van der Waals surface area contributed by atoms with Crippen molar-refractivity contribution in [1.82, 2.24) is 4.98 Å². The number of hydrogen-bond acceptors (Lipinski definition) is 6. The molecule has 2 N–H and O–H groups in total. The third-order valence-electron chi connectivity index (χ3n) is 5.02. The Kier molecular flexibility index (Phi) is 5.41. The number of ether oxygens (including phenoxy) is 1. The summed E-state index contributed by atoms with van der Waals surface area (Å²) in [7, 11) is 0. The lowest BCUT2D eigenvalue weighted by Gasteiger charge is -2.25. The van der Waals surface area contributed by atoms with Crippen LogP contribution in [0.2, 0.25) is 0 Å². The minimum absolute atomic E-state index is 0.0783. The van der Waals surface area contributed by atoms with E-state index in [0.29, 0.717) is 23.5 Å². The zero-order valence-electron chi connectivity index (χ0n) is 16.7. The lowest BCUT2D eigenvalue weighted by atomic mass is 9.96. The van der Waals surface area contributed by atoms with Gasteiger partial charge in [0.2, 0.25) is 0 Å². The monoisotopic (exact) mass is 416 g/mol. The first-order valence-corrected chi connectivity index (χ1v) is 9.75. The maximum Gasteiger partial charge on any atom is 0.300 e. The molecule has 1 unspecified atom stereocenters. The highest BCUT2D eigenvalue weighted by molar-refractivity contribution is 6.51. The molecule has 0 aliphatic carbocycles. The normalized spacial score (nSPS) is 17.7. The SMILES string of the molecule is CCOc1ccc(/C(O)=C2\C(=O)C(=O)N(c3ccccc3O)C2c2cccnc2)cc1. The molecule has 1 amide bonds. The van der Waals surface area contributed by atoms with Gasteiger partial charge in [0.25, 0.3) is 11.7 Å². The summed E-state index contributed by atoms with van der Waals surface area (Å²) in [4.78, 5) is 31.3. The number of phenols is 1. The van der Waals surface area contributed by atoms with Crippen LogP contribution in [0.1, 0.15) is 24.1 Å². The number of benzene rings is 2. The number of hydrogen-bond donors (Lipinski definition) is 2. The number of aromatic nitrogens is 1. The molecule has 156 valence electrons. The van der Waals surface area contributed by atoms with E-state index in [1.165, 1.54) is 17.2 Å². The van der Waals surface area contributed by atoms with E-state index in [-0.39, 0.29) is 22.8 Å². The fourth-order valence-corrected chi connectivity index (χ4v) is 3.63. The second-order valence-corrected chi connectivity index (χ2v) is 6.90. The molecule has 1 fully saturated rings. The molecule has 0 radical (unpaired) electrons. The van der Waals surface area contributed by atoms with Crippen molar-refractivity contribution >= 4 is 23.1 Å². The molecule has 2 aromatic carbocycles. The van der Waals surface area contributed by atoms with Crippen molar-refractivity contribution in [1.29, 1.82) is 0 Å². The van der Waals surface area contributed by atoms with Crippen molar-refractivity contribution < 1.29 is 24.5 Å². The van der Waals surface area contributed by atoms with Crippen molar-refractivity contribution in [2.24, 2.45) is 0 Å². The van der Waals surface area contributed by atoms with E-state index < -0.39 is 17.7 Å². The molecule has 31 heavy (non-hydrogen) atoms. The molecular formula is C24H20N2O5. The molecule has 7 nitrogen and oxygen atoms in total. The molecule has 4 rings (SSSR count). The quantitative estimate of drug-likeness (QED) is 0.373. The summed E-state index contributed by atoms with van der Waals surface area (Å²) >= 11 is 0. The van der Waals surface area contributed by atoms with Gasteiger partial charge in [0.15, 0.2) is 0 Å². The van der Waals surface area contributed by atoms with Crippen LogP contribution in [0.15, 0.2) is 78.6 Å². The van der Waals surface area contributed by atoms with Crippen LogP contribution in [0.5, 0.6) is 11.5 Å². The average Bonchev–Trinajstić information content (AvgIpc) is 3.05. The van der Waals surface area contributed by atoms with Crippen LogP contribution in [0.3, 0.4) is 0 Å². The fourth-order valence-electron chi connectivity index (χ4n) is 3.63. The number of phenolic OH excluding ortho intramolecular Hbond substituents is 1. The predicted molar refractivity (Wildman–Crippen MR) is 115 cm³/mol. The second-order valence-electron chi connectivity index (χ2n) is 6.90. The Balaban J connectivity index is 1.89. The first kappa shape index (κ1) is 20.2. The largest absolute Gasteiger partial charge is 0.507 e. The van der Waals surface area contributed by atoms with Gasteiger partial charge in [-0.05, 0) is 55.0 Å². The number of pyridine rings is 1. The first-order valence-electron chi connectivity index (χ1n) is 9.75. The number of nitrogens with zero attached hydrogens (tertiary/aromatic N) is 2. The number of aliphatic hydroxyl groups is 1. The Morgan fingerprint density at radius 3 is 2.45 bits per heavy atom. The summed E-state index contributed by atoms with van der Waals surface area (Å²) in [6, 6.07) is 15.3. The summed E-state index contributed by atoms with van der Waals surface area (Å²) in [5, 5.41) is 21.4. The maximum atomic E-state index is 13.0. The van der Waals surface area contributed by atoms with Crippen LogP contribution in [-0.2, 0) is 9.59 Å². The number of anilines is 1. The van der Waals surface area contributed by atoms with Crippen LogP contribution in [-0.4, -0.2) is 33.5 Å². The smallest absolute Gasteiger partial charge is 0.300 e. The highest BCUT2D eigenvalue weighted by Gasteiger charge is 2.47. The summed E-state index contributed by atoms with van der Waals surface area (Å²) in [6.07, 6.45) is 3.09. The van der Waals surface area contributed by atoms with Gasteiger partial charge in [0, 0.05) is 18.0 Å². The number of amides is 1. The Morgan fingerprint density at radius 1 is 1.06 bits per heavy atom. The minimum atomic E-state index is -0.950. The van der Waals surface area contributed by atoms with Gasteiger partial charge in [0.05, 0.1) is 23.9 Å². The number of aliphatic hydroxyl groups excluding tert-OH is 1. The lowest BCUT2D eigenvalue weighted by Crippen LogP contribution is -2.29. The van der Waals surface area contributed by atoms with Gasteiger partial charge < -0.3 is 14.9 Å². The third-order valence-corrected chi connectivity index (χ3v) is 5.02. The van der Waals surface area contributed by atoms with Gasteiger partial charge in [0.1, 0.15) is 17.3 Å². The number of carbonyl (C=O) groups is 2. The van der Waals surface area contributed by atoms with E-state index in [1.54, 1.807) is 60.8 Å². The van der Waals surface area contributed by atoms with Crippen molar-refractivity contribution in [3.05, 3.63) is 89.8 Å². The zero-order valence-corrected chi connectivity index (χ0v) is 16.7. The van der Waals surface area contributed by atoms with Crippen LogP contribution < -0.4 is 9.64 Å². The van der Waals surface area contributed by atoms with Crippen LogP contribution >= 0.6 is 0 Å². The molecule has 1 aliphatic rings. The summed E-state index contributed by atoms with van der Waals surface area (Å²) in [6.45, 7) is 2.36. The fraction of sp³-hybridized carbons (Fsp3) is 0.125. The van der Waals surface area contributed by atoms with Crippen molar-refractivity contribution in [2.45, 2.75) is 13.0 Å². The number of ketones is 1. The predicted octanol–water partition coefficient (Wildman–Crippen LogP) is 3.81. The molecule has 1 saturated heterocycles. The van der Waals surface area contributed by atoms with Crippen LogP contribution in [0.25, 0.3) is 5.76 Å². The van der Waals surface area contributed by atoms with Crippen molar-refractivity contribution in [3.8, 4) is 11.5 Å². The number of para-hydroxylation sites is 2. The molecule has 3 aromatic rings. The Labute approximate surface area is 178 Å². The molecule has 0 saturated carbocycles. The van der Waals surface area contributed by atoms with Crippen molar-refractivity contribution in [2.75, 3.05) is 11.5 Å². The van der Waals surface area contributed by atoms with Gasteiger partial charge >= 0.3 is 0 Å². The molecular weight excluding hydrogens is 396 g/mol. The molecule has 1 atom stereocenters. The van der Waals surface area contributed by atoms with Gasteiger partial charge in [-0.1, -0.05) is 18.2 Å². The molecule has 2 heterocycles. The van der Waals surface area contributed by atoms with Crippen molar-refractivity contribution in [3.63, 3.8) is 0 Å². The zero-order chi connectivity index (χ0) is 22.0. The standard InChI is InChI=1S/C24H20N2O5/c1-2-31-17-11-9-15(10-12-17)22(28)20-21(16-6-5-13-25-14-16)26(24(30)23(20)29)18-7-3-4-8-19(18)27/h3-14,21,27-28H,2H2,1H3/b22-20+. The topological polar surface area (TPSA) is 100.0 Å². The van der Waals surface area contributed by atoms with E-state index in [1.807, 2.05) is 6.92 Å². The maximum absolute atomic E-state index is 13.0. The summed E-state index contributed by atoms with van der Waals surface area (Å²) in [5.41, 5.74) is 0.986. The molecule has 0 bridgehead atoms. The van der Waals surface area contributed by atoms with E-state index in [9.17, 15) is 19.8 Å². The van der Waals surface area contributed by atoms with E-state index in [4.69, 9.17) is 4.74 Å². The highest BCUT2D eigenvalue weighted by Crippen LogP contribution is 2.44. The van der Waals surface area contributed by atoms with Crippen LogP contribution in [0.4, 0.5) is 5.69 Å². The van der Waals surface area contributed by atoms with Gasteiger partial charge in [-0.25, -0.2) is 0 Å². The second kappa shape index (κ2) is 8.31. The summed E-state index contributed by atoms with van der Waals surface area (Å²) < 4.78 is 5.42. The van der Waals surface area contributed by atoms with E-state index in [2.05, 4.69) is 4.98 Å². The number of rotatable bonds is 5. The third kappa shape index (κ3) is 3.61. The molecule has 7 heteroatoms. The number of aromatic hydroxyl groups is 1. The first-order chi connectivity index (χ1) is 15.0. The minimum Gasteiger partial charge on any atom is -0.507 e. The Hall–Kier alpha value is -4.13. The number of Topliss-reactive ketones (excluding diaryl/α,β-unsaturated/α-hetero) is 1. The van der Waals surface area contributed by atoms with E-state index in [0.717, 1.165) is 0 Å².